The molecule has 0 atom stereocenters. The van der Waals surface area contributed by atoms with Gasteiger partial charge >= 0.3 is 12.0 Å². The van der Waals surface area contributed by atoms with Gasteiger partial charge in [0.2, 0.25) is 0 Å². The zero-order valence-corrected chi connectivity index (χ0v) is 12.6. The van der Waals surface area contributed by atoms with Crippen LogP contribution in [0.4, 0.5) is 19.3 Å². The van der Waals surface area contributed by atoms with Crippen molar-refractivity contribution in [3.05, 3.63) is 28.8 Å². The number of hydrogen-bond acceptors (Lipinski definition) is 3. The van der Waals surface area contributed by atoms with Gasteiger partial charge in [0.05, 0.1) is 23.4 Å². The Hall–Kier alpha value is -1.89. The zero-order valence-electron chi connectivity index (χ0n) is 11.9. The highest BCUT2D eigenvalue weighted by Gasteiger charge is 2.35. The number of piperidine rings is 1. The summed E-state index contributed by atoms with van der Waals surface area (Å²) < 4.78 is 30.7. The molecular weight excluding hydrogens is 318 g/mol. The van der Waals surface area contributed by atoms with Crippen LogP contribution in [0.5, 0.6) is 0 Å². The number of anilines is 1. The van der Waals surface area contributed by atoms with Crippen molar-refractivity contribution in [2.45, 2.75) is 18.8 Å². The van der Waals surface area contributed by atoms with Gasteiger partial charge in [0.1, 0.15) is 0 Å². The van der Waals surface area contributed by atoms with Gasteiger partial charge in [0.15, 0.2) is 0 Å². The van der Waals surface area contributed by atoms with Crippen LogP contribution in [0.3, 0.4) is 0 Å². The standard InChI is InChI=1S/C14H15ClF2N2O3/c1-22-12(20)9-2-3-11(10(15)8-9)18-13(21)19-6-4-14(16,17)5-7-19/h2-3,8H,4-7H2,1H3,(H,18,21). The average Bonchev–Trinajstić information content (AvgIpc) is 2.48. The highest BCUT2D eigenvalue weighted by Crippen LogP contribution is 2.29. The molecule has 1 N–H and O–H groups in total. The van der Waals surface area contributed by atoms with E-state index in [4.69, 9.17) is 11.6 Å². The molecule has 1 aromatic rings. The number of esters is 1. The van der Waals surface area contributed by atoms with Gasteiger partial charge in [0.25, 0.3) is 5.92 Å². The van der Waals surface area contributed by atoms with Crippen LogP contribution in [-0.4, -0.2) is 43.0 Å². The van der Waals surface area contributed by atoms with E-state index in [-0.39, 0.29) is 36.5 Å². The molecule has 0 aliphatic carbocycles. The number of amides is 2. The Bertz CT molecular complexity index is 585. The molecule has 22 heavy (non-hydrogen) atoms. The Morgan fingerprint density at radius 2 is 1.95 bits per heavy atom. The first-order chi connectivity index (χ1) is 10.3. The van der Waals surface area contributed by atoms with Crippen LogP contribution in [-0.2, 0) is 4.74 Å². The van der Waals surface area contributed by atoms with Gasteiger partial charge in [-0.25, -0.2) is 18.4 Å². The topological polar surface area (TPSA) is 58.6 Å². The zero-order chi connectivity index (χ0) is 16.3. The lowest BCUT2D eigenvalue weighted by molar-refractivity contribution is -0.0461. The fourth-order valence-corrected chi connectivity index (χ4v) is 2.32. The van der Waals surface area contributed by atoms with Gasteiger partial charge in [-0.1, -0.05) is 11.6 Å². The van der Waals surface area contributed by atoms with E-state index in [0.717, 1.165) is 0 Å². The Kier molecular flexibility index (Phi) is 4.85. The Balaban J connectivity index is 2.02. The minimum absolute atomic E-state index is 0.0172. The average molecular weight is 333 g/mol. The fraction of sp³-hybridized carbons (Fsp3) is 0.429. The van der Waals surface area contributed by atoms with Gasteiger partial charge in [-0.15, -0.1) is 0 Å². The maximum absolute atomic E-state index is 13.1. The number of methoxy groups -OCH3 is 1. The van der Waals surface area contributed by atoms with Crippen LogP contribution in [0.15, 0.2) is 18.2 Å². The number of benzene rings is 1. The maximum Gasteiger partial charge on any atom is 0.337 e. The fourth-order valence-electron chi connectivity index (χ4n) is 2.09. The summed E-state index contributed by atoms with van der Waals surface area (Å²) in [6.07, 6.45) is -0.704. The quantitative estimate of drug-likeness (QED) is 0.844. The number of rotatable bonds is 2. The van der Waals surface area contributed by atoms with E-state index in [1.807, 2.05) is 0 Å². The SMILES string of the molecule is COC(=O)c1ccc(NC(=O)N2CCC(F)(F)CC2)c(Cl)c1. The second-order valence-electron chi connectivity index (χ2n) is 4.96. The first-order valence-electron chi connectivity index (χ1n) is 6.64. The molecule has 120 valence electrons. The molecule has 0 unspecified atom stereocenters. The van der Waals surface area contributed by atoms with Crippen molar-refractivity contribution in [1.29, 1.82) is 0 Å². The van der Waals surface area contributed by atoms with Crippen LogP contribution in [0.1, 0.15) is 23.2 Å². The van der Waals surface area contributed by atoms with Crippen molar-refractivity contribution in [2.24, 2.45) is 0 Å². The molecule has 1 saturated heterocycles. The molecule has 1 aromatic carbocycles. The summed E-state index contributed by atoms with van der Waals surface area (Å²) >= 11 is 6.00. The molecule has 1 aliphatic heterocycles. The highest BCUT2D eigenvalue weighted by atomic mass is 35.5. The third-order valence-electron chi connectivity index (χ3n) is 3.41. The molecule has 0 bridgehead atoms. The second kappa shape index (κ2) is 6.48. The molecule has 2 rings (SSSR count). The van der Waals surface area contributed by atoms with Crippen LogP contribution in [0.25, 0.3) is 0 Å². The summed E-state index contributed by atoms with van der Waals surface area (Å²) in [5.74, 6) is -3.26. The molecule has 0 saturated carbocycles. The molecule has 0 spiro atoms. The lowest BCUT2D eigenvalue weighted by atomic mass is 10.1. The number of carbonyl (C=O) groups is 2. The maximum atomic E-state index is 13.1. The molecular formula is C14H15ClF2N2O3. The molecule has 8 heteroatoms. The van der Waals surface area contributed by atoms with Crippen LogP contribution in [0.2, 0.25) is 5.02 Å². The van der Waals surface area contributed by atoms with Crippen LogP contribution >= 0.6 is 11.6 Å². The molecule has 0 radical (unpaired) electrons. The third kappa shape index (κ3) is 3.85. The predicted octanol–water partition coefficient (Wildman–Crippen LogP) is 3.39. The number of ether oxygens (including phenoxy) is 1. The monoisotopic (exact) mass is 332 g/mol. The van der Waals surface area contributed by atoms with Gasteiger partial charge in [-0.3, -0.25) is 0 Å². The highest BCUT2D eigenvalue weighted by molar-refractivity contribution is 6.34. The van der Waals surface area contributed by atoms with E-state index in [1.54, 1.807) is 0 Å². The number of nitrogens with zero attached hydrogens (tertiary/aromatic N) is 1. The van der Waals surface area contributed by atoms with E-state index in [9.17, 15) is 18.4 Å². The number of urea groups is 1. The molecule has 0 aromatic heterocycles. The van der Waals surface area contributed by atoms with E-state index in [0.29, 0.717) is 5.69 Å². The normalized spacial score (nSPS) is 17.0. The Morgan fingerprint density at radius 3 is 2.50 bits per heavy atom. The van der Waals surface area contributed by atoms with Gasteiger partial charge in [-0.2, -0.15) is 0 Å². The number of halogens is 3. The third-order valence-corrected chi connectivity index (χ3v) is 3.73. The van der Waals surface area contributed by atoms with Gasteiger partial charge in [-0.05, 0) is 18.2 Å². The second-order valence-corrected chi connectivity index (χ2v) is 5.37. The van der Waals surface area contributed by atoms with Crippen LogP contribution < -0.4 is 5.32 Å². The largest absolute Gasteiger partial charge is 0.465 e. The number of hydrogen-bond donors (Lipinski definition) is 1. The summed E-state index contributed by atoms with van der Waals surface area (Å²) in [7, 11) is 1.25. The van der Waals surface area contributed by atoms with Crippen molar-refractivity contribution in [3.8, 4) is 0 Å². The summed E-state index contributed by atoms with van der Waals surface area (Å²) in [6, 6.07) is 3.79. The number of likely N-dealkylation sites (tertiary alicyclic amines) is 1. The molecule has 2 amide bonds. The predicted molar refractivity (Wildman–Crippen MR) is 77.6 cm³/mol. The number of alkyl halides is 2. The lowest BCUT2D eigenvalue weighted by Crippen LogP contribution is -2.44. The summed E-state index contributed by atoms with van der Waals surface area (Å²) in [6.45, 7) is -0.0343. The minimum Gasteiger partial charge on any atom is -0.465 e. The summed E-state index contributed by atoms with van der Waals surface area (Å²) in [5.41, 5.74) is 0.555. The van der Waals surface area contributed by atoms with Crippen LogP contribution in [0, 0.1) is 0 Å². The first-order valence-corrected chi connectivity index (χ1v) is 7.02. The van der Waals surface area contributed by atoms with E-state index in [2.05, 4.69) is 10.1 Å². The molecule has 1 fully saturated rings. The minimum atomic E-state index is -2.71. The molecule has 5 nitrogen and oxygen atoms in total. The first kappa shape index (κ1) is 16.5. The molecule has 1 aliphatic rings. The van der Waals surface area contributed by atoms with Crippen molar-refractivity contribution in [2.75, 3.05) is 25.5 Å². The smallest absolute Gasteiger partial charge is 0.337 e. The number of carbonyl (C=O) groups excluding carboxylic acids is 2. The van der Waals surface area contributed by atoms with Crippen molar-refractivity contribution in [1.82, 2.24) is 4.90 Å². The summed E-state index contributed by atoms with van der Waals surface area (Å²) in [5, 5.41) is 2.71. The van der Waals surface area contributed by atoms with Crippen molar-refractivity contribution < 1.29 is 23.1 Å². The van der Waals surface area contributed by atoms with Gasteiger partial charge in [0, 0.05) is 25.9 Å². The number of nitrogens with one attached hydrogen (secondary N) is 1. The van der Waals surface area contributed by atoms with Gasteiger partial charge < -0.3 is 15.0 Å². The van der Waals surface area contributed by atoms with E-state index >= 15 is 0 Å². The lowest BCUT2D eigenvalue weighted by Gasteiger charge is -2.31. The van der Waals surface area contributed by atoms with E-state index < -0.39 is 17.9 Å². The summed E-state index contributed by atoms with van der Waals surface area (Å²) in [4.78, 5) is 24.7. The Labute approximate surface area is 131 Å². The molecule has 1 heterocycles. The van der Waals surface area contributed by atoms with E-state index in [1.165, 1.54) is 30.2 Å². The van der Waals surface area contributed by atoms with Crippen molar-refractivity contribution >= 4 is 29.3 Å². The Morgan fingerprint density at radius 1 is 1.32 bits per heavy atom. The van der Waals surface area contributed by atoms with Crippen molar-refractivity contribution in [3.63, 3.8) is 0 Å².